The molecule has 1 N–H and O–H groups in total. The first kappa shape index (κ1) is 28.7. The number of sulfone groups is 1. The summed E-state index contributed by atoms with van der Waals surface area (Å²) in [6.45, 7) is 1.11. The highest BCUT2D eigenvalue weighted by Gasteiger charge is 2.45. The Hall–Kier alpha value is -3.84. The largest absolute Gasteiger partial charge is 0.497 e. The number of nitrogens with zero attached hydrogens (tertiary/aromatic N) is 4. The number of hydrogen-bond acceptors (Lipinski definition) is 7. The molecule has 0 bridgehead atoms. The van der Waals surface area contributed by atoms with E-state index in [1.165, 1.54) is 6.42 Å². The molecule has 2 aliphatic carbocycles. The minimum atomic E-state index is -2.86. The second-order valence-corrected chi connectivity index (χ2v) is 13.4. The maximum atomic E-state index is 11.8. The van der Waals surface area contributed by atoms with Crippen molar-refractivity contribution in [3.05, 3.63) is 60.9 Å². The monoisotopic (exact) mass is 577 g/mol. The van der Waals surface area contributed by atoms with Crippen LogP contribution in [-0.2, 0) is 14.6 Å². The molecule has 2 aromatic carbocycles. The Morgan fingerprint density at radius 3 is 2.22 bits per heavy atom. The van der Waals surface area contributed by atoms with Gasteiger partial charge in [0, 0.05) is 37.9 Å². The van der Waals surface area contributed by atoms with Crippen molar-refractivity contribution < 1.29 is 19.4 Å². The molecule has 0 spiro atoms. The molecule has 2 saturated carbocycles. The minimum Gasteiger partial charge on any atom is -0.497 e. The highest BCUT2D eigenvalue weighted by Crippen LogP contribution is 2.35. The van der Waals surface area contributed by atoms with Gasteiger partial charge in [0.25, 0.3) is 0 Å². The number of ether oxygens (including phenoxy) is 1. The molecule has 0 unspecified atom stereocenters. The van der Waals surface area contributed by atoms with Gasteiger partial charge in [-0.05, 0) is 67.6 Å². The number of rotatable bonds is 6. The maximum absolute atomic E-state index is 11.8. The zero-order valence-electron chi connectivity index (χ0n) is 23.5. The van der Waals surface area contributed by atoms with Crippen molar-refractivity contribution in [1.29, 1.82) is 5.26 Å². The number of carbonyl (C=O) groups excluding carboxylic acids is 1. The average Bonchev–Trinajstić information content (AvgIpc) is 3.61. The van der Waals surface area contributed by atoms with Gasteiger partial charge in [-0.25, -0.2) is 13.1 Å². The molecule has 1 saturated heterocycles. The third kappa shape index (κ3) is 7.27. The van der Waals surface area contributed by atoms with Crippen LogP contribution in [0.25, 0.3) is 16.8 Å². The van der Waals surface area contributed by atoms with Crippen molar-refractivity contribution in [3.63, 3.8) is 0 Å². The summed E-state index contributed by atoms with van der Waals surface area (Å²) in [5.41, 5.74) is 3.64. The topological polar surface area (TPSA) is 117 Å². The molecule has 1 aromatic heterocycles. The van der Waals surface area contributed by atoms with Crippen molar-refractivity contribution >= 4 is 21.4 Å². The van der Waals surface area contributed by atoms with E-state index in [1.807, 2.05) is 65.6 Å². The van der Waals surface area contributed by atoms with E-state index in [0.29, 0.717) is 13.1 Å². The van der Waals surface area contributed by atoms with Crippen molar-refractivity contribution in [2.75, 3.05) is 36.6 Å². The molecule has 10 heteroatoms. The van der Waals surface area contributed by atoms with E-state index in [-0.39, 0.29) is 24.8 Å². The average molecular weight is 578 g/mol. The van der Waals surface area contributed by atoms with Gasteiger partial charge >= 0.3 is 0 Å². The van der Waals surface area contributed by atoms with Gasteiger partial charge in [-0.15, -0.1) is 0 Å². The van der Waals surface area contributed by atoms with Crippen LogP contribution in [0.1, 0.15) is 46.4 Å². The molecule has 41 heavy (non-hydrogen) atoms. The third-order valence-electron chi connectivity index (χ3n) is 8.13. The normalized spacial score (nSPS) is 19.3. The molecule has 1 amide bonds. The standard InChI is InChI=1S/C20H21N3O3S.C11H16N2O.H2/c1-26-20-8-6-19(7-9-20)23-15-17(14-21-23)16-2-4-18(5-3-16)22-10-12-27(24,25)13-11-22;12-8-11(6-7-11)13-10(14)9-4-2-1-3-5-9;/h2-9,14-15H,10-13H2,1H3;9H,1-7H2,(H,13,14);1H. The molecule has 1 aliphatic heterocycles. The molecule has 3 aromatic rings. The van der Waals surface area contributed by atoms with Crippen LogP contribution in [0.15, 0.2) is 60.9 Å². The summed E-state index contributed by atoms with van der Waals surface area (Å²) in [6.07, 6.45) is 11.1. The lowest BCUT2D eigenvalue weighted by Gasteiger charge is -2.28. The Morgan fingerprint density at radius 1 is 1.00 bits per heavy atom. The number of benzene rings is 2. The van der Waals surface area contributed by atoms with Crippen LogP contribution >= 0.6 is 0 Å². The van der Waals surface area contributed by atoms with Gasteiger partial charge in [-0.2, -0.15) is 10.4 Å². The quantitative estimate of drug-likeness (QED) is 0.449. The predicted molar refractivity (Wildman–Crippen MR) is 161 cm³/mol. The fourth-order valence-electron chi connectivity index (χ4n) is 5.28. The van der Waals surface area contributed by atoms with E-state index in [4.69, 9.17) is 10.00 Å². The summed E-state index contributed by atoms with van der Waals surface area (Å²) in [6, 6.07) is 18.1. The first-order valence-electron chi connectivity index (χ1n) is 14.3. The zero-order chi connectivity index (χ0) is 28.9. The number of aromatic nitrogens is 2. The summed E-state index contributed by atoms with van der Waals surface area (Å²) in [4.78, 5) is 13.9. The zero-order valence-corrected chi connectivity index (χ0v) is 24.3. The SMILES string of the molecule is COc1ccc(-n2cc(-c3ccc(N4CCS(=O)(=O)CC4)cc3)cn2)cc1.N#CC1(NC(=O)C2CCCCC2)CC1.[HH]. The second kappa shape index (κ2) is 12.4. The lowest BCUT2D eigenvalue weighted by atomic mass is 9.88. The third-order valence-corrected chi connectivity index (χ3v) is 9.74. The Kier molecular flexibility index (Phi) is 8.64. The van der Waals surface area contributed by atoms with Crippen LogP contribution < -0.4 is 15.0 Å². The number of hydrogen-bond donors (Lipinski definition) is 1. The molecule has 3 fully saturated rings. The lowest BCUT2D eigenvalue weighted by Crippen LogP contribution is -2.40. The molecule has 9 nitrogen and oxygen atoms in total. The van der Waals surface area contributed by atoms with E-state index >= 15 is 0 Å². The Bertz CT molecular complexity index is 1480. The first-order valence-corrected chi connectivity index (χ1v) is 16.1. The highest BCUT2D eigenvalue weighted by atomic mass is 32.2. The van der Waals surface area contributed by atoms with Gasteiger partial charge in [0.2, 0.25) is 5.91 Å². The predicted octanol–water partition coefficient (Wildman–Crippen LogP) is 4.77. The van der Waals surface area contributed by atoms with Crippen LogP contribution in [0.3, 0.4) is 0 Å². The molecule has 218 valence electrons. The van der Waals surface area contributed by atoms with E-state index in [9.17, 15) is 13.2 Å². The van der Waals surface area contributed by atoms with E-state index < -0.39 is 15.4 Å². The van der Waals surface area contributed by atoms with Gasteiger partial charge in [0.05, 0.1) is 36.6 Å². The lowest BCUT2D eigenvalue weighted by molar-refractivity contribution is -0.126. The number of nitrogens with one attached hydrogen (secondary N) is 1. The molecule has 3 aliphatic rings. The Labute approximate surface area is 243 Å². The highest BCUT2D eigenvalue weighted by molar-refractivity contribution is 7.91. The van der Waals surface area contributed by atoms with Crippen LogP contribution in [0.4, 0.5) is 5.69 Å². The molecule has 2 heterocycles. The summed E-state index contributed by atoms with van der Waals surface area (Å²) in [7, 11) is -1.22. The van der Waals surface area contributed by atoms with Crippen molar-refractivity contribution in [3.8, 4) is 28.6 Å². The van der Waals surface area contributed by atoms with Gasteiger partial charge in [-0.1, -0.05) is 31.4 Å². The molecular formula is C31H39N5O4S. The Balaban J connectivity index is 0.000000228. The molecular weight excluding hydrogens is 538 g/mol. The van der Waals surface area contributed by atoms with Crippen LogP contribution in [0.2, 0.25) is 0 Å². The smallest absolute Gasteiger partial charge is 0.224 e. The van der Waals surface area contributed by atoms with E-state index in [1.54, 1.807) is 7.11 Å². The van der Waals surface area contributed by atoms with Crippen LogP contribution in [0, 0.1) is 17.2 Å². The van der Waals surface area contributed by atoms with Gasteiger partial charge in [-0.3, -0.25) is 4.79 Å². The number of amides is 1. The van der Waals surface area contributed by atoms with Crippen molar-refractivity contribution in [1.82, 2.24) is 15.1 Å². The van der Waals surface area contributed by atoms with E-state index in [2.05, 4.69) is 21.4 Å². The van der Waals surface area contributed by atoms with Crippen molar-refractivity contribution in [2.24, 2.45) is 5.92 Å². The number of methoxy groups -OCH3 is 1. The van der Waals surface area contributed by atoms with E-state index in [0.717, 1.165) is 66.8 Å². The maximum Gasteiger partial charge on any atom is 0.224 e. The van der Waals surface area contributed by atoms with Crippen molar-refractivity contribution in [2.45, 2.75) is 50.5 Å². The minimum absolute atomic E-state index is 0. The second-order valence-electron chi connectivity index (χ2n) is 11.1. The summed E-state index contributed by atoms with van der Waals surface area (Å²) >= 11 is 0. The fraction of sp³-hybridized carbons (Fsp3) is 0.452. The first-order chi connectivity index (χ1) is 19.8. The molecule has 0 atom stereocenters. The van der Waals surface area contributed by atoms with Gasteiger partial charge < -0.3 is 15.0 Å². The summed E-state index contributed by atoms with van der Waals surface area (Å²) < 4.78 is 30.2. The summed E-state index contributed by atoms with van der Waals surface area (Å²) in [5.74, 6) is 1.55. The van der Waals surface area contributed by atoms with Crippen LogP contribution in [-0.4, -0.2) is 61.3 Å². The van der Waals surface area contributed by atoms with Gasteiger partial charge in [0.1, 0.15) is 11.3 Å². The molecule has 0 radical (unpaired) electrons. The fourth-order valence-corrected chi connectivity index (χ4v) is 6.48. The summed E-state index contributed by atoms with van der Waals surface area (Å²) in [5, 5.41) is 16.2. The number of carbonyl (C=O) groups is 1. The Morgan fingerprint density at radius 2 is 1.63 bits per heavy atom. The number of anilines is 1. The van der Waals surface area contributed by atoms with Crippen LogP contribution in [0.5, 0.6) is 5.75 Å². The molecule has 6 rings (SSSR count). The number of nitriles is 1. The van der Waals surface area contributed by atoms with Gasteiger partial charge in [0.15, 0.2) is 9.84 Å².